The zero-order valence-corrected chi connectivity index (χ0v) is 14.9. The Labute approximate surface area is 156 Å². The number of hydrogen-bond acceptors (Lipinski definition) is 3. The van der Waals surface area contributed by atoms with E-state index in [1.165, 1.54) is 17.0 Å². The number of nitrogens with zero attached hydrogens (tertiary/aromatic N) is 1. The van der Waals surface area contributed by atoms with Crippen LogP contribution in [0.5, 0.6) is 0 Å². The molecule has 0 atom stereocenters. The van der Waals surface area contributed by atoms with Gasteiger partial charge in [-0.1, -0.05) is 18.2 Å². The number of cyclic esters (lactones) is 1. The first-order chi connectivity index (χ1) is 13.0. The Kier molecular flexibility index (Phi) is 4.22. The highest BCUT2D eigenvalue weighted by Crippen LogP contribution is 2.45. The van der Waals surface area contributed by atoms with Crippen LogP contribution in [-0.4, -0.2) is 25.3 Å². The summed E-state index contributed by atoms with van der Waals surface area (Å²) in [6, 6.07) is 11.4. The summed E-state index contributed by atoms with van der Waals surface area (Å²) in [5.74, 6) is -0.318. The van der Waals surface area contributed by atoms with Gasteiger partial charge < -0.3 is 15.4 Å². The van der Waals surface area contributed by atoms with E-state index in [1.807, 2.05) is 25.1 Å². The molecule has 2 fully saturated rings. The molecule has 6 nitrogen and oxygen atoms in total. The van der Waals surface area contributed by atoms with Gasteiger partial charge in [0.2, 0.25) is 0 Å². The molecule has 2 aromatic rings. The number of ether oxygens (including phenoxy) is 1. The molecular weight excluding hydrogens is 349 g/mol. The molecule has 0 bridgehead atoms. The molecule has 0 radical (unpaired) electrons. The van der Waals surface area contributed by atoms with E-state index in [1.54, 1.807) is 12.1 Å². The van der Waals surface area contributed by atoms with Crippen molar-refractivity contribution in [2.75, 3.05) is 23.4 Å². The fourth-order valence-corrected chi connectivity index (χ4v) is 3.31. The third-order valence-electron chi connectivity index (χ3n) is 5.02. The Morgan fingerprint density at radius 1 is 1.22 bits per heavy atom. The normalized spacial score (nSPS) is 17.4. The number of aryl methyl sites for hydroxylation is 1. The molecule has 2 aliphatic rings. The van der Waals surface area contributed by atoms with Gasteiger partial charge in [-0.15, -0.1) is 0 Å². The van der Waals surface area contributed by atoms with Crippen molar-refractivity contribution in [1.29, 1.82) is 0 Å². The van der Waals surface area contributed by atoms with E-state index in [2.05, 4.69) is 10.6 Å². The summed E-state index contributed by atoms with van der Waals surface area (Å²) >= 11 is 0. The number of nitrogens with one attached hydrogen (secondary N) is 2. The number of hydrogen-bond donors (Lipinski definition) is 2. The molecule has 0 unspecified atom stereocenters. The molecule has 1 saturated carbocycles. The number of amides is 3. The van der Waals surface area contributed by atoms with Crippen molar-refractivity contribution in [3.63, 3.8) is 0 Å². The Bertz CT molecular complexity index is 911. The zero-order valence-electron chi connectivity index (χ0n) is 14.9. The van der Waals surface area contributed by atoms with E-state index in [0.717, 1.165) is 24.0 Å². The molecule has 2 N–H and O–H groups in total. The lowest BCUT2D eigenvalue weighted by Gasteiger charge is -2.20. The van der Waals surface area contributed by atoms with E-state index in [-0.39, 0.29) is 11.8 Å². The third-order valence-corrected chi connectivity index (χ3v) is 5.02. The minimum Gasteiger partial charge on any atom is -0.447 e. The van der Waals surface area contributed by atoms with Crippen LogP contribution >= 0.6 is 0 Å². The molecular formula is C20H20FN3O3. The standard InChI is InChI=1S/C20H20FN3O3/c1-13-5-6-16(24-9-10-27-19(24)26)12-17(13)22-18(25)23-20(7-8-20)14-3-2-4-15(21)11-14/h2-6,11-12H,7-10H2,1H3,(H2,22,23,25). The third kappa shape index (κ3) is 3.45. The van der Waals surface area contributed by atoms with Gasteiger partial charge in [-0.3, -0.25) is 4.90 Å². The van der Waals surface area contributed by atoms with E-state index in [4.69, 9.17) is 4.74 Å². The van der Waals surface area contributed by atoms with Crippen LogP contribution in [0.25, 0.3) is 0 Å². The van der Waals surface area contributed by atoms with Crippen molar-refractivity contribution in [2.24, 2.45) is 0 Å². The van der Waals surface area contributed by atoms with E-state index < -0.39 is 11.6 Å². The van der Waals surface area contributed by atoms with Gasteiger partial charge in [0.1, 0.15) is 12.4 Å². The van der Waals surface area contributed by atoms with E-state index in [9.17, 15) is 14.0 Å². The van der Waals surface area contributed by atoms with Crippen molar-refractivity contribution < 1.29 is 18.7 Å². The maximum absolute atomic E-state index is 13.5. The van der Waals surface area contributed by atoms with Crippen molar-refractivity contribution in [3.8, 4) is 0 Å². The first-order valence-corrected chi connectivity index (χ1v) is 8.87. The lowest BCUT2D eigenvalue weighted by molar-refractivity contribution is 0.181. The van der Waals surface area contributed by atoms with Crippen LogP contribution < -0.4 is 15.5 Å². The molecule has 1 heterocycles. The fourth-order valence-electron chi connectivity index (χ4n) is 3.31. The van der Waals surface area contributed by atoms with Gasteiger partial charge in [-0.25, -0.2) is 14.0 Å². The largest absolute Gasteiger partial charge is 0.447 e. The summed E-state index contributed by atoms with van der Waals surface area (Å²) in [6.45, 7) is 2.71. The Balaban J connectivity index is 1.49. The zero-order chi connectivity index (χ0) is 19.0. The summed E-state index contributed by atoms with van der Waals surface area (Å²) in [5, 5.41) is 5.81. The molecule has 140 valence electrons. The highest BCUT2D eigenvalue weighted by molar-refractivity contribution is 5.94. The molecule has 7 heteroatoms. The number of carbonyl (C=O) groups is 2. The van der Waals surface area contributed by atoms with Gasteiger partial charge >= 0.3 is 12.1 Å². The topological polar surface area (TPSA) is 70.7 Å². The Morgan fingerprint density at radius 3 is 2.70 bits per heavy atom. The summed E-state index contributed by atoms with van der Waals surface area (Å²) in [4.78, 5) is 25.8. The van der Waals surface area contributed by atoms with Crippen LogP contribution in [0, 0.1) is 12.7 Å². The lowest BCUT2D eigenvalue weighted by atomic mass is 10.1. The smallest absolute Gasteiger partial charge is 0.414 e. The highest BCUT2D eigenvalue weighted by atomic mass is 19.1. The van der Waals surface area contributed by atoms with Gasteiger partial charge in [-0.2, -0.15) is 0 Å². The Hall–Kier alpha value is -3.09. The molecule has 2 aromatic carbocycles. The fraction of sp³-hybridized carbons (Fsp3) is 0.300. The second-order valence-electron chi connectivity index (χ2n) is 6.94. The van der Waals surface area contributed by atoms with Gasteiger partial charge in [0.25, 0.3) is 0 Å². The van der Waals surface area contributed by atoms with Crippen LogP contribution in [-0.2, 0) is 10.3 Å². The maximum Gasteiger partial charge on any atom is 0.414 e. The maximum atomic E-state index is 13.5. The van der Waals surface area contributed by atoms with Crippen LogP contribution in [0.15, 0.2) is 42.5 Å². The van der Waals surface area contributed by atoms with Gasteiger partial charge in [0.15, 0.2) is 0 Å². The Morgan fingerprint density at radius 2 is 2.04 bits per heavy atom. The number of carbonyl (C=O) groups excluding carboxylic acids is 2. The summed E-state index contributed by atoms with van der Waals surface area (Å²) in [5.41, 5.74) is 2.40. The molecule has 4 rings (SSSR count). The summed E-state index contributed by atoms with van der Waals surface area (Å²) < 4.78 is 18.5. The second kappa shape index (κ2) is 6.57. The molecule has 1 aliphatic carbocycles. The lowest BCUT2D eigenvalue weighted by Crippen LogP contribution is -2.38. The predicted octanol–water partition coefficient (Wildman–Crippen LogP) is 3.90. The van der Waals surface area contributed by atoms with Crippen molar-refractivity contribution in [1.82, 2.24) is 5.32 Å². The number of halogens is 1. The monoisotopic (exact) mass is 369 g/mol. The van der Waals surface area contributed by atoms with Gasteiger partial charge in [-0.05, 0) is 55.2 Å². The van der Waals surface area contributed by atoms with Gasteiger partial charge in [0.05, 0.1) is 12.1 Å². The van der Waals surface area contributed by atoms with Crippen LogP contribution in [0.1, 0.15) is 24.0 Å². The van der Waals surface area contributed by atoms with Crippen LogP contribution in [0.4, 0.5) is 25.4 Å². The molecule has 0 spiro atoms. The summed E-state index contributed by atoms with van der Waals surface area (Å²) in [7, 11) is 0. The number of rotatable bonds is 4. The molecule has 3 amide bonds. The first kappa shape index (κ1) is 17.3. The van der Waals surface area contributed by atoms with Crippen LogP contribution in [0.2, 0.25) is 0 Å². The second-order valence-corrected chi connectivity index (χ2v) is 6.94. The average molecular weight is 369 g/mol. The summed E-state index contributed by atoms with van der Waals surface area (Å²) in [6.07, 6.45) is 1.14. The van der Waals surface area contributed by atoms with Crippen LogP contribution in [0.3, 0.4) is 0 Å². The minimum atomic E-state index is -0.517. The van der Waals surface area contributed by atoms with E-state index in [0.29, 0.717) is 24.5 Å². The van der Waals surface area contributed by atoms with Crippen molar-refractivity contribution in [2.45, 2.75) is 25.3 Å². The first-order valence-electron chi connectivity index (χ1n) is 8.87. The molecule has 1 aliphatic heterocycles. The molecule has 1 saturated heterocycles. The minimum absolute atomic E-state index is 0.318. The van der Waals surface area contributed by atoms with Crippen molar-refractivity contribution >= 4 is 23.5 Å². The SMILES string of the molecule is Cc1ccc(N2CCOC2=O)cc1NC(=O)NC1(c2cccc(F)c2)CC1. The number of benzene rings is 2. The van der Waals surface area contributed by atoms with E-state index >= 15 is 0 Å². The molecule has 0 aromatic heterocycles. The molecule has 27 heavy (non-hydrogen) atoms. The predicted molar refractivity (Wildman–Crippen MR) is 99.3 cm³/mol. The quantitative estimate of drug-likeness (QED) is 0.859. The van der Waals surface area contributed by atoms with Crippen molar-refractivity contribution in [3.05, 3.63) is 59.4 Å². The highest BCUT2D eigenvalue weighted by Gasteiger charge is 2.46. The average Bonchev–Trinajstić information content (AvgIpc) is 3.29. The number of anilines is 2. The van der Waals surface area contributed by atoms with Gasteiger partial charge in [0, 0.05) is 11.4 Å². The number of urea groups is 1.